The van der Waals surface area contributed by atoms with Crippen molar-refractivity contribution in [3.05, 3.63) is 53.7 Å². The van der Waals surface area contributed by atoms with Crippen LogP contribution in [0.15, 0.2) is 42.6 Å². The lowest BCUT2D eigenvalue weighted by molar-refractivity contribution is 0.0601. The van der Waals surface area contributed by atoms with Crippen molar-refractivity contribution in [3.63, 3.8) is 0 Å². The topological polar surface area (TPSA) is 68.7 Å². The van der Waals surface area contributed by atoms with E-state index in [1.165, 1.54) is 12.0 Å². The molecule has 1 fully saturated rings. The average Bonchev–Trinajstić information content (AvgIpc) is 3.19. The SMILES string of the molecule is COC(=O)c1ccccc1N(C)C(=O)c1cccnc1OC1CCSC1. The lowest BCUT2D eigenvalue weighted by Crippen LogP contribution is -2.29. The molecule has 1 atom stereocenters. The maximum absolute atomic E-state index is 13.1. The lowest BCUT2D eigenvalue weighted by Gasteiger charge is -2.21. The number of methoxy groups -OCH3 is 1. The number of benzene rings is 1. The standard InChI is InChI=1S/C19H20N2O4S/c1-21(16-8-4-3-6-14(16)19(23)24-2)18(22)15-7-5-10-20-17(15)25-13-9-11-26-12-13/h3-8,10,13H,9,11-12H2,1-2H3. The second kappa shape index (κ2) is 8.23. The molecule has 6 nitrogen and oxygen atoms in total. The van der Waals surface area contributed by atoms with Crippen molar-refractivity contribution in [2.45, 2.75) is 12.5 Å². The molecule has 1 amide bonds. The number of thioether (sulfide) groups is 1. The Morgan fingerprint density at radius 1 is 1.19 bits per heavy atom. The van der Waals surface area contributed by atoms with Crippen LogP contribution in [0.3, 0.4) is 0 Å². The zero-order valence-corrected chi connectivity index (χ0v) is 15.5. The third kappa shape index (κ3) is 3.83. The molecule has 0 aliphatic carbocycles. The lowest BCUT2D eigenvalue weighted by atomic mass is 10.1. The third-order valence-electron chi connectivity index (χ3n) is 4.14. The number of aromatic nitrogens is 1. The third-order valence-corrected chi connectivity index (χ3v) is 5.27. The van der Waals surface area contributed by atoms with Crippen molar-refractivity contribution < 1.29 is 19.1 Å². The van der Waals surface area contributed by atoms with Crippen molar-refractivity contribution in [2.24, 2.45) is 0 Å². The van der Waals surface area contributed by atoms with Crippen LogP contribution in [0.1, 0.15) is 27.1 Å². The van der Waals surface area contributed by atoms with Crippen LogP contribution in [0, 0.1) is 0 Å². The first-order valence-electron chi connectivity index (χ1n) is 8.26. The number of rotatable bonds is 5. The van der Waals surface area contributed by atoms with Gasteiger partial charge in [0.05, 0.1) is 18.4 Å². The van der Waals surface area contributed by atoms with E-state index >= 15 is 0 Å². The van der Waals surface area contributed by atoms with E-state index in [4.69, 9.17) is 9.47 Å². The van der Waals surface area contributed by atoms with E-state index in [0.717, 1.165) is 17.9 Å². The van der Waals surface area contributed by atoms with Crippen LogP contribution in [0.5, 0.6) is 5.88 Å². The molecule has 1 aliphatic rings. The summed E-state index contributed by atoms with van der Waals surface area (Å²) in [5.41, 5.74) is 1.16. The molecule has 0 saturated carbocycles. The van der Waals surface area contributed by atoms with Gasteiger partial charge < -0.3 is 14.4 Å². The number of carbonyl (C=O) groups excluding carboxylic acids is 2. The number of amides is 1. The van der Waals surface area contributed by atoms with E-state index in [1.807, 2.05) is 11.8 Å². The molecular weight excluding hydrogens is 352 g/mol. The summed E-state index contributed by atoms with van der Waals surface area (Å²) < 4.78 is 10.8. The van der Waals surface area contributed by atoms with Crippen LogP contribution in [-0.2, 0) is 4.74 Å². The van der Waals surface area contributed by atoms with Gasteiger partial charge in [-0.2, -0.15) is 11.8 Å². The first kappa shape index (κ1) is 18.3. The van der Waals surface area contributed by atoms with E-state index < -0.39 is 5.97 Å². The molecule has 2 aromatic rings. The highest BCUT2D eigenvalue weighted by atomic mass is 32.2. The van der Waals surface area contributed by atoms with Crippen molar-refractivity contribution in [1.82, 2.24) is 4.98 Å². The summed E-state index contributed by atoms with van der Waals surface area (Å²) in [5, 5.41) is 0. The van der Waals surface area contributed by atoms with Gasteiger partial charge in [0.2, 0.25) is 5.88 Å². The molecular formula is C19H20N2O4S. The van der Waals surface area contributed by atoms with Crippen LogP contribution in [0.25, 0.3) is 0 Å². The molecule has 1 aliphatic heterocycles. The molecule has 1 unspecified atom stereocenters. The Balaban J connectivity index is 1.89. The monoisotopic (exact) mass is 372 g/mol. The zero-order chi connectivity index (χ0) is 18.5. The predicted octanol–water partition coefficient (Wildman–Crippen LogP) is 3.03. The van der Waals surface area contributed by atoms with Crippen molar-refractivity contribution >= 4 is 29.3 Å². The fourth-order valence-corrected chi connectivity index (χ4v) is 3.84. The van der Waals surface area contributed by atoms with Gasteiger partial charge in [-0.25, -0.2) is 9.78 Å². The number of ether oxygens (including phenoxy) is 2. The van der Waals surface area contributed by atoms with Crippen molar-refractivity contribution in [1.29, 1.82) is 0 Å². The summed E-state index contributed by atoms with van der Waals surface area (Å²) >= 11 is 1.83. The molecule has 26 heavy (non-hydrogen) atoms. The normalized spacial score (nSPS) is 16.2. The summed E-state index contributed by atoms with van der Waals surface area (Å²) in [4.78, 5) is 30.7. The Labute approximate surface area is 156 Å². The molecule has 0 radical (unpaired) electrons. The number of anilines is 1. The Bertz CT molecular complexity index is 806. The summed E-state index contributed by atoms with van der Waals surface area (Å²) in [5.74, 6) is 1.48. The van der Waals surface area contributed by atoms with E-state index in [1.54, 1.807) is 49.6 Å². The van der Waals surface area contributed by atoms with E-state index in [9.17, 15) is 9.59 Å². The Hall–Kier alpha value is -2.54. The minimum Gasteiger partial charge on any atom is -0.473 e. The fraction of sp³-hybridized carbons (Fsp3) is 0.316. The molecule has 0 spiro atoms. The predicted molar refractivity (Wildman–Crippen MR) is 101 cm³/mol. The zero-order valence-electron chi connectivity index (χ0n) is 14.7. The van der Waals surface area contributed by atoms with Gasteiger partial charge in [0.1, 0.15) is 11.7 Å². The Morgan fingerprint density at radius 3 is 2.69 bits per heavy atom. The highest BCUT2D eigenvalue weighted by molar-refractivity contribution is 7.99. The van der Waals surface area contributed by atoms with Gasteiger partial charge in [0, 0.05) is 19.0 Å². The van der Waals surface area contributed by atoms with Crippen molar-refractivity contribution in [3.8, 4) is 5.88 Å². The maximum Gasteiger partial charge on any atom is 0.339 e. The number of hydrogen-bond acceptors (Lipinski definition) is 6. The number of hydrogen-bond donors (Lipinski definition) is 0. The Morgan fingerprint density at radius 2 is 1.96 bits per heavy atom. The van der Waals surface area contributed by atoms with E-state index in [-0.39, 0.29) is 12.0 Å². The van der Waals surface area contributed by atoms with Crippen LogP contribution < -0.4 is 9.64 Å². The van der Waals surface area contributed by atoms with Crippen LogP contribution in [0.2, 0.25) is 0 Å². The first-order chi connectivity index (χ1) is 12.6. The van der Waals surface area contributed by atoms with Crippen LogP contribution in [0.4, 0.5) is 5.69 Å². The fourth-order valence-electron chi connectivity index (χ4n) is 2.75. The summed E-state index contributed by atoms with van der Waals surface area (Å²) in [6.45, 7) is 0. The summed E-state index contributed by atoms with van der Waals surface area (Å²) in [6, 6.07) is 10.2. The number of esters is 1. The number of nitrogens with zero attached hydrogens (tertiary/aromatic N) is 2. The summed E-state index contributed by atoms with van der Waals surface area (Å²) in [7, 11) is 2.93. The van der Waals surface area contributed by atoms with Crippen LogP contribution >= 0.6 is 11.8 Å². The maximum atomic E-state index is 13.1. The Kier molecular flexibility index (Phi) is 5.78. The molecule has 0 bridgehead atoms. The smallest absolute Gasteiger partial charge is 0.339 e. The molecule has 2 heterocycles. The molecule has 1 saturated heterocycles. The van der Waals surface area contributed by atoms with Crippen LogP contribution in [-0.4, -0.2) is 48.6 Å². The van der Waals surface area contributed by atoms with Gasteiger partial charge in [-0.3, -0.25) is 4.79 Å². The highest BCUT2D eigenvalue weighted by Crippen LogP contribution is 2.27. The van der Waals surface area contributed by atoms with Gasteiger partial charge in [0.15, 0.2) is 0 Å². The molecule has 3 rings (SSSR count). The molecule has 136 valence electrons. The number of para-hydroxylation sites is 1. The van der Waals surface area contributed by atoms with Crippen molar-refractivity contribution in [2.75, 3.05) is 30.6 Å². The second-order valence-corrected chi connectivity index (χ2v) is 6.98. The van der Waals surface area contributed by atoms with E-state index in [2.05, 4.69) is 4.98 Å². The van der Waals surface area contributed by atoms with Gasteiger partial charge >= 0.3 is 5.97 Å². The van der Waals surface area contributed by atoms with Gasteiger partial charge in [0.25, 0.3) is 5.91 Å². The van der Waals surface area contributed by atoms with Gasteiger partial charge in [-0.1, -0.05) is 12.1 Å². The van der Waals surface area contributed by atoms with Gasteiger partial charge in [-0.15, -0.1) is 0 Å². The molecule has 1 aromatic heterocycles. The highest BCUT2D eigenvalue weighted by Gasteiger charge is 2.25. The van der Waals surface area contributed by atoms with Gasteiger partial charge in [-0.05, 0) is 36.4 Å². The number of carbonyl (C=O) groups is 2. The average molecular weight is 372 g/mol. The summed E-state index contributed by atoms with van der Waals surface area (Å²) in [6.07, 6.45) is 2.61. The minimum absolute atomic E-state index is 0.0640. The molecule has 7 heteroatoms. The minimum atomic E-state index is -0.495. The number of pyridine rings is 1. The second-order valence-electron chi connectivity index (χ2n) is 5.83. The molecule has 0 N–H and O–H groups in total. The largest absolute Gasteiger partial charge is 0.473 e. The van der Waals surface area contributed by atoms with E-state index in [0.29, 0.717) is 22.7 Å². The quantitative estimate of drug-likeness (QED) is 0.752. The first-order valence-corrected chi connectivity index (χ1v) is 9.42. The molecule has 1 aromatic carbocycles.